The largest absolute Gasteiger partial charge is 0.493 e. The van der Waals surface area contributed by atoms with Gasteiger partial charge in [0.25, 0.3) is 0 Å². The molecule has 1 fully saturated rings. The van der Waals surface area contributed by atoms with Crippen molar-refractivity contribution >= 4 is 0 Å². The molecule has 3 rings (SSSR count). The number of nitrogens with one attached hydrogen (secondary N) is 1. The summed E-state index contributed by atoms with van der Waals surface area (Å²) in [6.45, 7) is 2.57. The van der Waals surface area contributed by atoms with Gasteiger partial charge in [-0.25, -0.2) is 0 Å². The average Bonchev–Trinajstić information content (AvgIpc) is 2.46. The number of hydrogen-bond acceptors (Lipinski definition) is 4. The first-order valence-electron chi connectivity index (χ1n) is 6.83. The van der Waals surface area contributed by atoms with Gasteiger partial charge in [-0.2, -0.15) is 0 Å². The second kappa shape index (κ2) is 5.02. The van der Waals surface area contributed by atoms with Gasteiger partial charge < -0.3 is 19.5 Å². The van der Waals surface area contributed by atoms with Crippen LogP contribution in [0.15, 0.2) is 12.1 Å². The zero-order chi connectivity index (χ0) is 13.3. The first-order chi connectivity index (χ1) is 9.26. The lowest BCUT2D eigenvalue weighted by Crippen LogP contribution is -2.57. The van der Waals surface area contributed by atoms with Gasteiger partial charge in [0.1, 0.15) is 0 Å². The Hall–Kier alpha value is -1.26. The third-order valence-corrected chi connectivity index (χ3v) is 4.23. The molecule has 19 heavy (non-hydrogen) atoms. The van der Waals surface area contributed by atoms with Crippen LogP contribution in [0.2, 0.25) is 0 Å². The molecule has 1 atom stereocenters. The fourth-order valence-corrected chi connectivity index (χ4v) is 3.17. The van der Waals surface area contributed by atoms with Crippen LogP contribution in [-0.4, -0.2) is 39.5 Å². The minimum absolute atomic E-state index is 0.116. The number of rotatable bonds is 2. The van der Waals surface area contributed by atoms with Crippen molar-refractivity contribution in [1.82, 2.24) is 5.32 Å². The van der Waals surface area contributed by atoms with Crippen molar-refractivity contribution < 1.29 is 14.2 Å². The highest BCUT2D eigenvalue weighted by atomic mass is 16.5. The molecule has 0 amide bonds. The van der Waals surface area contributed by atoms with E-state index in [9.17, 15) is 0 Å². The molecule has 0 bridgehead atoms. The van der Waals surface area contributed by atoms with Gasteiger partial charge in [0.05, 0.1) is 27.4 Å². The Balaban J connectivity index is 1.91. The molecule has 1 aliphatic carbocycles. The summed E-state index contributed by atoms with van der Waals surface area (Å²) < 4.78 is 16.4. The van der Waals surface area contributed by atoms with Crippen molar-refractivity contribution in [2.45, 2.75) is 24.8 Å². The third kappa shape index (κ3) is 2.30. The predicted octanol–water partition coefficient (Wildman–Crippen LogP) is 1.55. The van der Waals surface area contributed by atoms with E-state index >= 15 is 0 Å². The summed E-state index contributed by atoms with van der Waals surface area (Å²) in [4.78, 5) is 0. The summed E-state index contributed by atoms with van der Waals surface area (Å²) in [6, 6.07) is 4.23. The molecule has 4 heteroatoms. The Labute approximate surface area is 114 Å². The molecule has 0 radical (unpaired) electrons. The van der Waals surface area contributed by atoms with Crippen molar-refractivity contribution in [1.29, 1.82) is 0 Å². The number of aryl methyl sites for hydroxylation is 1. The van der Waals surface area contributed by atoms with E-state index in [0.29, 0.717) is 0 Å². The normalized spacial score (nSPS) is 26.0. The van der Waals surface area contributed by atoms with E-state index in [0.717, 1.165) is 50.5 Å². The van der Waals surface area contributed by atoms with Gasteiger partial charge in [0, 0.05) is 12.1 Å². The topological polar surface area (TPSA) is 39.7 Å². The standard InChI is InChI=1S/C15H21NO3/c1-17-13-7-11-3-4-15(10-19-6-5-16-15)9-12(11)8-14(13)18-2/h7-8,16H,3-6,9-10H2,1-2H3. The van der Waals surface area contributed by atoms with Gasteiger partial charge in [-0.05, 0) is 42.5 Å². The lowest BCUT2D eigenvalue weighted by Gasteiger charge is -2.42. The quantitative estimate of drug-likeness (QED) is 0.879. The molecule has 0 saturated carbocycles. The zero-order valence-electron chi connectivity index (χ0n) is 11.6. The molecule has 1 aromatic rings. The van der Waals surface area contributed by atoms with Crippen LogP contribution in [0, 0.1) is 0 Å². The maximum atomic E-state index is 5.66. The minimum Gasteiger partial charge on any atom is -0.493 e. The van der Waals surface area contributed by atoms with Crippen molar-refractivity contribution in [3.05, 3.63) is 23.3 Å². The summed E-state index contributed by atoms with van der Waals surface area (Å²) in [5, 5.41) is 3.64. The summed E-state index contributed by atoms with van der Waals surface area (Å²) in [7, 11) is 3.37. The van der Waals surface area contributed by atoms with Crippen LogP contribution >= 0.6 is 0 Å². The molecule has 1 unspecified atom stereocenters. The van der Waals surface area contributed by atoms with Gasteiger partial charge in [-0.15, -0.1) is 0 Å². The van der Waals surface area contributed by atoms with Gasteiger partial charge in [-0.1, -0.05) is 0 Å². The molecule has 4 nitrogen and oxygen atoms in total. The summed E-state index contributed by atoms with van der Waals surface area (Å²) >= 11 is 0. The van der Waals surface area contributed by atoms with Gasteiger partial charge in [-0.3, -0.25) is 0 Å². The monoisotopic (exact) mass is 263 g/mol. The Kier molecular flexibility index (Phi) is 3.37. The maximum Gasteiger partial charge on any atom is 0.161 e. The number of hydrogen-bond donors (Lipinski definition) is 1. The molecule has 0 aromatic heterocycles. The molecular weight excluding hydrogens is 242 g/mol. The molecule has 104 valence electrons. The summed E-state index contributed by atoms with van der Waals surface area (Å²) in [5.41, 5.74) is 2.84. The average molecular weight is 263 g/mol. The Morgan fingerprint density at radius 2 is 1.89 bits per heavy atom. The molecule has 1 saturated heterocycles. The molecule has 1 heterocycles. The molecule has 1 N–H and O–H groups in total. The van der Waals surface area contributed by atoms with Crippen molar-refractivity contribution in [2.24, 2.45) is 0 Å². The number of fused-ring (bicyclic) bond motifs is 1. The second-order valence-electron chi connectivity index (χ2n) is 5.41. The van der Waals surface area contributed by atoms with Crippen molar-refractivity contribution in [3.63, 3.8) is 0 Å². The van der Waals surface area contributed by atoms with Crippen LogP contribution in [0.5, 0.6) is 11.5 Å². The predicted molar refractivity (Wildman–Crippen MR) is 73.1 cm³/mol. The fraction of sp³-hybridized carbons (Fsp3) is 0.600. The summed E-state index contributed by atoms with van der Waals surface area (Å²) in [6.07, 6.45) is 3.18. The van der Waals surface area contributed by atoms with Crippen LogP contribution in [0.4, 0.5) is 0 Å². The smallest absolute Gasteiger partial charge is 0.161 e. The lowest BCUT2D eigenvalue weighted by atomic mass is 9.77. The molecule has 1 aliphatic heterocycles. The van der Waals surface area contributed by atoms with E-state index in [1.807, 2.05) is 0 Å². The van der Waals surface area contributed by atoms with Gasteiger partial charge >= 0.3 is 0 Å². The summed E-state index contributed by atoms with van der Waals surface area (Å²) in [5.74, 6) is 1.64. The third-order valence-electron chi connectivity index (χ3n) is 4.23. The Morgan fingerprint density at radius 3 is 2.53 bits per heavy atom. The maximum absolute atomic E-state index is 5.66. The minimum atomic E-state index is 0.116. The van der Waals surface area contributed by atoms with Crippen molar-refractivity contribution in [2.75, 3.05) is 34.0 Å². The van der Waals surface area contributed by atoms with E-state index in [-0.39, 0.29) is 5.54 Å². The van der Waals surface area contributed by atoms with Gasteiger partial charge in [0.2, 0.25) is 0 Å². The Morgan fingerprint density at radius 1 is 1.16 bits per heavy atom. The van der Waals surface area contributed by atoms with E-state index in [1.54, 1.807) is 14.2 Å². The Bertz CT molecular complexity index is 467. The molecular formula is C15H21NO3. The van der Waals surface area contributed by atoms with E-state index in [1.165, 1.54) is 11.1 Å². The molecule has 1 aromatic carbocycles. The van der Waals surface area contributed by atoms with E-state index < -0.39 is 0 Å². The first-order valence-corrected chi connectivity index (χ1v) is 6.83. The SMILES string of the molecule is COc1cc2c(cc1OC)CC1(CC2)COCCN1. The van der Waals surface area contributed by atoms with Crippen LogP contribution < -0.4 is 14.8 Å². The van der Waals surface area contributed by atoms with Gasteiger partial charge in [0.15, 0.2) is 11.5 Å². The van der Waals surface area contributed by atoms with Crippen LogP contribution in [-0.2, 0) is 17.6 Å². The van der Waals surface area contributed by atoms with E-state index in [2.05, 4.69) is 17.4 Å². The fourth-order valence-electron chi connectivity index (χ4n) is 3.17. The highest BCUT2D eigenvalue weighted by Crippen LogP contribution is 2.37. The second-order valence-corrected chi connectivity index (χ2v) is 5.41. The van der Waals surface area contributed by atoms with E-state index in [4.69, 9.17) is 14.2 Å². The first kappa shape index (κ1) is 12.8. The lowest BCUT2D eigenvalue weighted by molar-refractivity contribution is 0.0206. The number of methoxy groups -OCH3 is 2. The molecule has 1 spiro atoms. The van der Waals surface area contributed by atoms with Crippen molar-refractivity contribution in [3.8, 4) is 11.5 Å². The zero-order valence-corrected chi connectivity index (χ0v) is 11.6. The number of morpholine rings is 1. The number of ether oxygens (including phenoxy) is 3. The molecule has 2 aliphatic rings. The van der Waals surface area contributed by atoms with Crippen LogP contribution in [0.25, 0.3) is 0 Å². The van der Waals surface area contributed by atoms with Crippen LogP contribution in [0.3, 0.4) is 0 Å². The van der Waals surface area contributed by atoms with Crippen LogP contribution in [0.1, 0.15) is 17.5 Å². The highest BCUT2D eigenvalue weighted by molar-refractivity contribution is 5.49. The number of benzene rings is 1. The highest BCUT2D eigenvalue weighted by Gasteiger charge is 2.36.